The summed E-state index contributed by atoms with van der Waals surface area (Å²) in [6, 6.07) is 14.4. The van der Waals surface area contributed by atoms with E-state index < -0.39 is 0 Å². The number of thiazole rings is 1. The highest BCUT2D eigenvalue weighted by Gasteiger charge is 2.09. The molecule has 2 aromatic heterocycles. The van der Waals surface area contributed by atoms with E-state index >= 15 is 0 Å². The molecule has 0 saturated heterocycles. The number of hydrogen-bond acceptors (Lipinski definition) is 4. The molecule has 21 heavy (non-hydrogen) atoms. The van der Waals surface area contributed by atoms with Gasteiger partial charge in [-0.1, -0.05) is 30.3 Å². The Balaban J connectivity index is 1.94. The van der Waals surface area contributed by atoms with Crippen LogP contribution in [-0.4, -0.2) is 16.5 Å². The Bertz CT molecular complexity index is 735. The lowest BCUT2D eigenvalue weighted by atomic mass is 10.1. The molecule has 0 aliphatic carbocycles. The smallest absolute Gasteiger partial charge is 0.183 e. The van der Waals surface area contributed by atoms with Crippen LogP contribution in [0.1, 0.15) is 12.6 Å². The number of rotatable bonds is 4. The molecule has 1 N–H and O–H groups in total. The molecule has 0 fully saturated rings. The van der Waals surface area contributed by atoms with E-state index in [0.29, 0.717) is 0 Å². The Kier molecular flexibility index (Phi) is 3.97. The van der Waals surface area contributed by atoms with Gasteiger partial charge in [0, 0.05) is 28.7 Å². The first-order chi connectivity index (χ1) is 10.3. The van der Waals surface area contributed by atoms with E-state index in [1.165, 1.54) is 0 Å². The maximum Gasteiger partial charge on any atom is 0.183 e. The minimum Gasteiger partial charge on any atom is -0.362 e. The molecule has 0 saturated carbocycles. The minimum atomic E-state index is 0.886. The second kappa shape index (κ2) is 6.06. The zero-order valence-corrected chi connectivity index (χ0v) is 12.9. The molecule has 0 aliphatic heterocycles. The predicted octanol–water partition coefficient (Wildman–Crippen LogP) is 4.61. The summed E-state index contributed by atoms with van der Waals surface area (Å²) in [6.45, 7) is 4.99. The van der Waals surface area contributed by atoms with Gasteiger partial charge in [0.15, 0.2) is 5.13 Å². The van der Waals surface area contributed by atoms with Crippen LogP contribution in [0.15, 0.2) is 47.8 Å². The molecule has 0 aliphatic rings. The summed E-state index contributed by atoms with van der Waals surface area (Å²) in [5, 5.41) is 6.27. The Labute approximate surface area is 128 Å². The predicted molar refractivity (Wildman–Crippen MR) is 89.7 cm³/mol. The van der Waals surface area contributed by atoms with Gasteiger partial charge in [-0.05, 0) is 26.0 Å². The van der Waals surface area contributed by atoms with E-state index in [-0.39, 0.29) is 0 Å². The Hall–Kier alpha value is -2.20. The van der Waals surface area contributed by atoms with Crippen molar-refractivity contribution in [2.45, 2.75) is 13.8 Å². The standard InChI is InChI=1S/C17H17N3S/c1-3-18-17-20-16(11-21-17)14-9-10-15(19-12(14)2)13-7-5-4-6-8-13/h4-11H,3H2,1-2H3,(H,18,20). The Morgan fingerprint density at radius 2 is 1.81 bits per heavy atom. The quantitative estimate of drug-likeness (QED) is 0.763. The van der Waals surface area contributed by atoms with Crippen LogP contribution in [0.25, 0.3) is 22.5 Å². The van der Waals surface area contributed by atoms with Crippen molar-refractivity contribution in [2.24, 2.45) is 0 Å². The zero-order chi connectivity index (χ0) is 14.7. The van der Waals surface area contributed by atoms with Crippen LogP contribution >= 0.6 is 11.3 Å². The maximum atomic E-state index is 4.72. The molecule has 106 valence electrons. The van der Waals surface area contributed by atoms with Crippen molar-refractivity contribution in [1.82, 2.24) is 9.97 Å². The van der Waals surface area contributed by atoms with Gasteiger partial charge >= 0.3 is 0 Å². The van der Waals surface area contributed by atoms with Gasteiger partial charge in [0.25, 0.3) is 0 Å². The number of aryl methyl sites for hydroxylation is 1. The molecular weight excluding hydrogens is 278 g/mol. The van der Waals surface area contributed by atoms with Crippen molar-refractivity contribution in [2.75, 3.05) is 11.9 Å². The summed E-state index contributed by atoms with van der Waals surface area (Å²) in [5.74, 6) is 0. The topological polar surface area (TPSA) is 37.8 Å². The molecule has 3 rings (SSSR count). The molecule has 3 aromatic rings. The second-order valence-electron chi connectivity index (χ2n) is 4.76. The van der Waals surface area contributed by atoms with E-state index in [0.717, 1.165) is 39.9 Å². The van der Waals surface area contributed by atoms with E-state index in [1.807, 2.05) is 25.1 Å². The molecular formula is C17H17N3S. The first kappa shape index (κ1) is 13.8. The third kappa shape index (κ3) is 2.95. The molecule has 0 spiro atoms. The maximum absolute atomic E-state index is 4.72. The van der Waals surface area contributed by atoms with Gasteiger partial charge in [-0.25, -0.2) is 4.98 Å². The average Bonchev–Trinajstić information content (AvgIpc) is 2.97. The highest BCUT2D eigenvalue weighted by Crippen LogP contribution is 2.28. The van der Waals surface area contributed by atoms with E-state index in [1.54, 1.807) is 11.3 Å². The lowest BCUT2D eigenvalue weighted by Crippen LogP contribution is -1.96. The first-order valence-electron chi connectivity index (χ1n) is 7.00. The van der Waals surface area contributed by atoms with Crippen LogP contribution in [0.4, 0.5) is 5.13 Å². The van der Waals surface area contributed by atoms with Crippen molar-refractivity contribution in [1.29, 1.82) is 0 Å². The third-order valence-corrected chi connectivity index (χ3v) is 4.06. The van der Waals surface area contributed by atoms with Crippen molar-refractivity contribution in [3.05, 3.63) is 53.5 Å². The number of nitrogens with zero attached hydrogens (tertiary/aromatic N) is 2. The summed E-state index contributed by atoms with van der Waals surface area (Å²) < 4.78 is 0. The summed E-state index contributed by atoms with van der Waals surface area (Å²) in [6.07, 6.45) is 0. The number of aromatic nitrogens is 2. The summed E-state index contributed by atoms with van der Waals surface area (Å²) in [5.41, 5.74) is 5.22. The third-order valence-electron chi connectivity index (χ3n) is 3.26. The number of hydrogen-bond donors (Lipinski definition) is 1. The molecule has 0 atom stereocenters. The van der Waals surface area contributed by atoms with Crippen LogP contribution in [-0.2, 0) is 0 Å². The number of nitrogens with one attached hydrogen (secondary N) is 1. The molecule has 4 heteroatoms. The SMILES string of the molecule is CCNc1nc(-c2ccc(-c3ccccc3)nc2C)cs1. The Morgan fingerprint density at radius 1 is 1.00 bits per heavy atom. The van der Waals surface area contributed by atoms with E-state index in [9.17, 15) is 0 Å². The molecule has 2 heterocycles. The number of benzene rings is 1. The molecule has 0 bridgehead atoms. The minimum absolute atomic E-state index is 0.886. The van der Waals surface area contributed by atoms with Gasteiger partial charge in [-0.3, -0.25) is 4.98 Å². The Morgan fingerprint density at radius 3 is 2.52 bits per heavy atom. The lowest BCUT2D eigenvalue weighted by Gasteiger charge is -2.06. The van der Waals surface area contributed by atoms with Crippen LogP contribution in [0.3, 0.4) is 0 Å². The molecule has 3 nitrogen and oxygen atoms in total. The van der Waals surface area contributed by atoms with Crippen molar-refractivity contribution < 1.29 is 0 Å². The number of anilines is 1. The first-order valence-corrected chi connectivity index (χ1v) is 7.88. The van der Waals surface area contributed by atoms with Crippen LogP contribution in [0, 0.1) is 6.92 Å². The van der Waals surface area contributed by atoms with Gasteiger partial charge in [0.05, 0.1) is 11.4 Å². The molecule has 0 amide bonds. The van der Waals surface area contributed by atoms with Crippen LogP contribution < -0.4 is 5.32 Å². The summed E-state index contributed by atoms with van der Waals surface area (Å²) in [7, 11) is 0. The molecule has 0 radical (unpaired) electrons. The van der Waals surface area contributed by atoms with E-state index in [4.69, 9.17) is 4.98 Å². The largest absolute Gasteiger partial charge is 0.362 e. The lowest BCUT2D eigenvalue weighted by molar-refractivity contribution is 1.17. The summed E-state index contributed by atoms with van der Waals surface area (Å²) >= 11 is 1.63. The highest BCUT2D eigenvalue weighted by atomic mass is 32.1. The van der Waals surface area contributed by atoms with Gasteiger partial charge in [-0.15, -0.1) is 11.3 Å². The van der Waals surface area contributed by atoms with Crippen molar-refractivity contribution >= 4 is 16.5 Å². The van der Waals surface area contributed by atoms with Gasteiger partial charge in [0.2, 0.25) is 0 Å². The van der Waals surface area contributed by atoms with E-state index in [2.05, 4.69) is 46.9 Å². The average molecular weight is 295 g/mol. The fourth-order valence-corrected chi connectivity index (χ4v) is 3.01. The van der Waals surface area contributed by atoms with Gasteiger partial charge < -0.3 is 5.32 Å². The van der Waals surface area contributed by atoms with Crippen molar-refractivity contribution in [3.8, 4) is 22.5 Å². The zero-order valence-electron chi connectivity index (χ0n) is 12.1. The van der Waals surface area contributed by atoms with Gasteiger partial charge in [0.1, 0.15) is 0 Å². The highest BCUT2D eigenvalue weighted by molar-refractivity contribution is 7.14. The molecule has 1 aromatic carbocycles. The summed E-state index contributed by atoms with van der Waals surface area (Å²) in [4.78, 5) is 9.32. The van der Waals surface area contributed by atoms with Gasteiger partial charge in [-0.2, -0.15) is 0 Å². The fourth-order valence-electron chi connectivity index (χ4n) is 2.23. The molecule has 0 unspecified atom stereocenters. The second-order valence-corrected chi connectivity index (χ2v) is 5.62. The fraction of sp³-hybridized carbons (Fsp3) is 0.176. The van der Waals surface area contributed by atoms with Crippen LogP contribution in [0.2, 0.25) is 0 Å². The monoisotopic (exact) mass is 295 g/mol. The van der Waals surface area contributed by atoms with Crippen LogP contribution in [0.5, 0.6) is 0 Å². The van der Waals surface area contributed by atoms with Crippen molar-refractivity contribution in [3.63, 3.8) is 0 Å². The normalized spacial score (nSPS) is 10.6. The number of pyridine rings is 1.